The molecule has 0 bridgehead atoms. The van der Waals surface area contributed by atoms with Gasteiger partial charge in [0.2, 0.25) is 23.5 Å². The number of hydrogen-bond acceptors (Lipinski definition) is 8. The number of nitrogens with one attached hydrogen (secondary N) is 3. The molecular formula is C30H40Cl2N10O4S. The largest absolute Gasteiger partial charge is 0.370 e. The Labute approximate surface area is 286 Å². The summed E-state index contributed by atoms with van der Waals surface area (Å²) in [7, 11) is 0. The first-order chi connectivity index (χ1) is 22.2. The van der Waals surface area contributed by atoms with E-state index in [1.54, 1.807) is 25.1 Å². The summed E-state index contributed by atoms with van der Waals surface area (Å²) in [5.41, 5.74) is 17.8. The number of halogens is 2. The van der Waals surface area contributed by atoms with Crippen LogP contribution in [0.3, 0.4) is 0 Å². The number of guanidine groups is 1. The number of primary amides is 1. The maximum Gasteiger partial charge on any atom is 0.291 e. The molecule has 0 radical (unpaired) electrons. The fraction of sp³-hybridized carbons (Fsp3) is 0.433. The summed E-state index contributed by atoms with van der Waals surface area (Å²) < 4.78 is 1.41. The molecule has 2 aromatic heterocycles. The minimum atomic E-state index is -1.04. The highest BCUT2D eigenvalue weighted by Gasteiger charge is 2.28. The van der Waals surface area contributed by atoms with Crippen molar-refractivity contribution in [1.29, 1.82) is 0 Å². The van der Waals surface area contributed by atoms with Crippen LogP contribution in [0.4, 0.5) is 0 Å². The molecule has 0 aliphatic heterocycles. The van der Waals surface area contributed by atoms with Crippen LogP contribution >= 0.6 is 34.5 Å². The summed E-state index contributed by atoms with van der Waals surface area (Å²) in [6.45, 7) is 5.78. The number of carbonyl (C=O) groups excluding carboxylic acids is 4. The zero-order valence-corrected chi connectivity index (χ0v) is 28.7. The Kier molecular flexibility index (Phi) is 14.0. The third-order valence-electron chi connectivity index (χ3n) is 6.86. The highest BCUT2D eigenvalue weighted by Crippen LogP contribution is 2.22. The number of rotatable bonds is 17. The van der Waals surface area contributed by atoms with Crippen molar-refractivity contribution in [1.82, 2.24) is 30.7 Å². The highest BCUT2D eigenvalue weighted by atomic mass is 35.5. The van der Waals surface area contributed by atoms with Crippen molar-refractivity contribution in [2.75, 3.05) is 6.54 Å². The van der Waals surface area contributed by atoms with E-state index in [9.17, 15) is 19.2 Å². The maximum absolute atomic E-state index is 13.6. The van der Waals surface area contributed by atoms with E-state index in [1.165, 1.54) is 16.0 Å². The smallest absolute Gasteiger partial charge is 0.291 e. The van der Waals surface area contributed by atoms with Crippen molar-refractivity contribution in [3.8, 4) is 5.69 Å². The lowest BCUT2D eigenvalue weighted by molar-refractivity contribution is -0.128. The van der Waals surface area contributed by atoms with Gasteiger partial charge in [-0.15, -0.1) is 5.10 Å². The third-order valence-corrected chi connectivity index (χ3v) is 8.03. The Bertz CT molecular complexity index is 1550. The first-order valence-electron chi connectivity index (χ1n) is 14.9. The number of aryl methyl sites for hydroxylation is 1. The van der Waals surface area contributed by atoms with Crippen LogP contribution in [0.25, 0.3) is 5.69 Å². The molecule has 3 rings (SSSR count). The normalized spacial score (nSPS) is 13.0. The summed E-state index contributed by atoms with van der Waals surface area (Å²) in [5.74, 6) is -2.12. The van der Waals surface area contributed by atoms with Gasteiger partial charge in [-0.2, -0.15) is 11.3 Å². The van der Waals surface area contributed by atoms with Gasteiger partial charge in [-0.25, -0.2) is 9.67 Å². The zero-order valence-electron chi connectivity index (χ0n) is 26.3. The fourth-order valence-corrected chi connectivity index (χ4v) is 5.99. The number of carbonyl (C=O) groups is 4. The van der Waals surface area contributed by atoms with Gasteiger partial charge in [0.05, 0.1) is 5.69 Å². The first-order valence-corrected chi connectivity index (χ1v) is 16.6. The van der Waals surface area contributed by atoms with Crippen LogP contribution in [0.15, 0.2) is 40.0 Å². The van der Waals surface area contributed by atoms with Gasteiger partial charge in [0.25, 0.3) is 5.91 Å². The van der Waals surface area contributed by atoms with Crippen molar-refractivity contribution >= 4 is 64.1 Å². The lowest BCUT2D eigenvalue weighted by Crippen LogP contribution is -2.52. The van der Waals surface area contributed by atoms with Crippen molar-refractivity contribution in [3.05, 3.63) is 62.3 Å². The molecule has 254 valence electrons. The Hall–Kier alpha value is -4.21. The molecular weight excluding hydrogens is 667 g/mol. The lowest BCUT2D eigenvalue weighted by Gasteiger charge is -2.25. The van der Waals surface area contributed by atoms with Crippen LogP contribution in [0.2, 0.25) is 10.0 Å². The minimum Gasteiger partial charge on any atom is -0.370 e. The number of nitrogens with zero attached hydrogens (tertiary/aromatic N) is 4. The van der Waals surface area contributed by atoms with E-state index >= 15 is 0 Å². The lowest BCUT2D eigenvalue weighted by atomic mass is 9.99. The fourth-order valence-electron chi connectivity index (χ4n) is 4.80. The van der Waals surface area contributed by atoms with Crippen molar-refractivity contribution in [2.45, 2.75) is 71.0 Å². The topological polar surface area (TPSA) is 226 Å². The molecule has 0 aliphatic rings. The Morgan fingerprint density at radius 3 is 2.32 bits per heavy atom. The van der Waals surface area contributed by atoms with E-state index in [0.29, 0.717) is 34.4 Å². The average molecular weight is 708 g/mol. The molecule has 0 fully saturated rings. The summed E-state index contributed by atoms with van der Waals surface area (Å²) in [5, 5.41) is 17.1. The SMILES string of the molecule is Cc1nc(C(=O)N[C@@H](CCCN=C(N)N)C(=O)N[C@H](CC(=O)N[C@@H](Cc2ccsc2)C(N)=O)CC(C)C)nn1-c1cc(Cl)cc(Cl)c1. The van der Waals surface area contributed by atoms with Crippen LogP contribution in [-0.4, -0.2) is 69.0 Å². The Morgan fingerprint density at radius 1 is 1.02 bits per heavy atom. The minimum absolute atomic E-state index is 0.0994. The molecule has 14 nitrogen and oxygen atoms in total. The molecule has 0 aliphatic carbocycles. The second-order valence-electron chi connectivity index (χ2n) is 11.4. The highest BCUT2D eigenvalue weighted by molar-refractivity contribution is 7.07. The summed E-state index contributed by atoms with van der Waals surface area (Å²) in [6.07, 6.45) is 1.12. The molecule has 2 heterocycles. The van der Waals surface area contributed by atoms with Gasteiger partial charge in [-0.3, -0.25) is 24.2 Å². The number of nitrogens with two attached hydrogens (primary N) is 3. The predicted molar refractivity (Wildman–Crippen MR) is 182 cm³/mol. The van der Waals surface area contributed by atoms with Gasteiger partial charge in [0, 0.05) is 35.5 Å². The van der Waals surface area contributed by atoms with Gasteiger partial charge >= 0.3 is 0 Å². The van der Waals surface area contributed by atoms with Gasteiger partial charge in [-0.05, 0) is 72.7 Å². The number of aromatic nitrogens is 3. The standard InChI is InChI=1S/C30H40Cl2N10O4S/c1-16(2)9-21(14-25(43)39-24(26(33)44)10-18-6-8-47-15-18)38-28(45)23(5-4-7-36-30(34)35)40-29(46)27-37-17(3)42(41-27)22-12-19(31)11-20(32)13-22/h6,8,11-13,15-16,21,23-24H,4-5,7,9-10,14H2,1-3H3,(H2,33,44)(H,38,45)(H,39,43)(H,40,46)(H4,34,35,36)/t21-,23-,24-/m0/s1. The first kappa shape index (κ1) is 37.2. The molecule has 0 saturated carbocycles. The molecule has 0 spiro atoms. The molecule has 3 atom stereocenters. The number of hydrogen-bond donors (Lipinski definition) is 6. The molecule has 47 heavy (non-hydrogen) atoms. The Balaban J connectivity index is 1.76. The van der Waals surface area contributed by atoms with Crippen LogP contribution < -0.4 is 33.2 Å². The van der Waals surface area contributed by atoms with E-state index < -0.39 is 41.8 Å². The second kappa shape index (κ2) is 17.6. The monoisotopic (exact) mass is 706 g/mol. The van der Waals surface area contributed by atoms with Crippen molar-refractivity contribution in [3.63, 3.8) is 0 Å². The molecule has 9 N–H and O–H groups in total. The van der Waals surface area contributed by atoms with Crippen molar-refractivity contribution < 1.29 is 19.2 Å². The number of thiophene rings is 1. The van der Waals surface area contributed by atoms with E-state index in [2.05, 4.69) is 31.0 Å². The number of benzene rings is 1. The van der Waals surface area contributed by atoms with E-state index in [4.69, 9.17) is 40.4 Å². The number of amides is 4. The second-order valence-corrected chi connectivity index (χ2v) is 13.0. The van der Waals surface area contributed by atoms with E-state index in [0.717, 1.165) is 5.56 Å². The molecule has 0 unspecified atom stereocenters. The van der Waals surface area contributed by atoms with Crippen LogP contribution in [0.5, 0.6) is 0 Å². The van der Waals surface area contributed by atoms with Crippen LogP contribution in [0, 0.1) is 12.8 Å². The van der Waals surface area contributed by atoms with E-state index in [-0.39, 0.29) is 43.5 Å². The Morgan fingerprint density at radius 2 is 1.72 bits per heavy atom. The summed E-state index contributed by atoms with van der Waals surface area (Å²) in [6, 6.07) is 4.10. The molecule has 17 heteroatoms. The van der Waals surface area contributed by atoms with Gasteiger partial charge in [0.1, 0.15) is 17.9 Å². The zero-order chi connectivity index (χ0) is 34.7. The average Bonchev–Trinajstić information content (AvgIpc) is 3.62. The quantitative estimate of drug-likeness (QED) is 0.0691. The van der Waals surface area contributed by atoms with E-state index in [1.807, 2.05) is 30.7 Å². The van der Waals surface area contributed by atoms with Crippen molar-refractivity contribution in [2.24, 2.45) is 28.1 Å². The third kappa shape index (κ3) is 12.2. The number of aliphatic imine (C=N–C) groups is 1. The predicted octanol–water partition coefficient (Wildman–Crippen LogP) is 2.23. The van der Waals surface area contributed by atoms with Gasteiger partial charge < -0.3 is 33.2 Å². The maximum atomic E-state index is 13.6. The molecule has 3 aromatic rings. The van der Waals surface area contributed by atoms with Crippen LogP contribution in [0.1, 0.15) is 61.5 Å². The summed E-state index contributed by atoms with van der Waals surface area (Å²) in [4.78, 5) is 60.3. The molecule has 4 amide bonds. The molecule has 0 saturated heterocycles. The summed E-state index contributed by atoms with van der Waals surface area (Å²) >= 11 is 13.7. The van der Waals surface area contributed by atoms with Gasteiger partial charge in [-0.1, -0.05) is 37.0 Å². The molecule has 1 aromatic carbocycles. The van der Waals surface area contributed by atoms with Crippen LogP contribution in [-0.2, 0) is 20.8 Å². The van der Waals surface area contributed by atoms with Gasteiger partial charge in [0.15, 0.2) is 5.96 Å².